The van der Waals surface area contributed by atoms with Crippen molar-refractivity contribution in [3.05, 3.63) is 11.5 Å². The van der Waals surface area contributed by atoms with Crippen molar-refractivity contribution in [1.29, 1.82) is 0 Å². The minimum atomic E-state index is 0.529. The molecule has 0 saturated carbocycles. The zero-order valence-corrected chi connectivity index (χ0v) is 11.1. The lowest BCUT2D eigenvalue weighted by Crippen LogP contribution is -2.36. The summed E-state index contributed by atoms with van der Waals surface area (Å²) in [5, 5.41) is 0.529. The van der Waals surface area contributed by atoms with Gasteiger partial charge >= 0.3 is 0 Å². The van der Waals surface area contributed by atoms with E-state index in [0.29, 0.717) is 5.25 Å². The van der Waals surface area contributed by atoms with Crippen LogP contribution in [0.1, 0.15) is 18.4 Å². The molecule has 0 amide bonds. The van der Waals surface area contributed by atoms with Crippen molar-refractivity contribution in [3.8, 4) is 0 Å². The van der Waals surface area contributed by atoms with Crippen molar-refractivity contribution in [2.75, 3.05) is 31.2 Å². The molecule has 5 heteroatoms. The highest BCUT2D eigenvalue weighted by Gasteiger charge is 2.30. The van der Waals surface area contributed by atoms with Crippen LogP contribution in [0.2, 0.25) is 0 Å². The van der Waals surface area contributed by atoms with E-state index < -0.39 is 0 Å². The van der Waals surface area contributed by atoms with Crippen molar-refractivity contribution in [1.82, 2.24) is 9.97 Å². The number of aromatic nitrogens is 2. The lowest BCUT2D eigenvalue weighted by molar-refractivity contribution is 0.155. The lowest BCUT2D eigenvalue weighted by atomic mass is 10.2. The Hall–Kier alpha value is -0.810. The minimum absolute atomic E-state index is 0.529. The molecule has 2 aliphatic rings. The Labute approximate surface area is 106 Å². The van der Waals surface area contributed by atoms with Gasteiger partial charge in [-0.1, -0.05) is 6.92 Å². The molecular weight excluding hydrogens is 234 g/mol. The number of fused-ring (bicyclic) bond motifs is 4. The van der Waals surface area contributed by atoms with Crippen LogP contribution in [0, 0.1) is 6.92 Å². The SMILES string of the molecule is CCc1nc(C)nc2c1SC1COCCN2C1. The van der Waals surface area contributed by atoms with Crippen LogP contribution in [0.25, 0.3) is 0 Å². The second-order valence-corrected chi connectivity index (χ2v) is 5.80. The normalized spacial score (nSPS) is 23.2. The van der Waals surface area contributed by atoms with Gasteiger partial charge in [-0.25, -0.2) is 9.97 Å². The largest absolute Gasteiger partial charge is 0.378 e. The Morgan fingerprint density at radius 3 is 3.18 bits per heavy atom. The van der Waals surface area contributed by atoms with E-state index in [4.69, 9.17) is 4.74 Å². The Kier molecular flexibility index (Phi) is 2.96. The summed E-state index contributed by atoms with van der Waals surface area (Å²) in [5.41, 5.74) is 1.19. The standard InChI is InChI=1S/C12H17N3OS/c1-3-10-11-12(14-8(2)13-10)15-4-5-16-7-9(6-15)17-11/h9H,3-7H2,1-2H3. The smallest absolute Gasteiger partial charge is 0.146 e. The summed E-state index contributed by atoms with van der Waals surface area (Å²) in [6, 6.07) is 0. The van der Waals surface area contributed by atoms with Gasteiger partial charge in [-0.15, -0.1) is 11.8 Å². The van der Waals surface area contributed by atoms with Gasteiger partial charge in [0.25, 0.3) is 0 Å². The first-order valence-corrected chi connectivity index (χ1v) is 7.02. The van der Waals surface area contributed by atoms with Crippen molar-refractivity contribution >= 4 is 17.6 Å². The average Bonchev–Trinajstić information content (AvgIpc) is 2.52. The number of ether oxygens (including phenoxy) is 1. The number of hydrogen-bond acceptors (Lipinski definition) is 5. The Morgan fingerprint density at radius 2 is 2.35 bits per heavy atom. The van der Waals surface area contributed by atoms with E-state index in [9.17, 15) is 0 Å². The second-order valence-electron chi connectivity index (χ2n) is 4.48. The zero-order valence-electron chi connectivity index (χ0n) is 10.3. The molecule has 2 aliphatic heterocycles. The molecule has 2 bridgehead atoms. The van der Waals surface area contributed by atoms with Crippen molar-refractivity contribution in [2.45, 2.75) is 30.4 Å². The predicted octanol–water partition coefficient (Wildman–Crippen LogP) is 1.66. The maximum absolute atomic E-state index is 5.63. The molecular formula is C12H17N3OS. The van der Waals surface area contributed by atoms with Crippen LogP contribution in [0.3, 0.4) is 0 Å². The molecule has 1 saturated heterocycles. The summed E-state index contributed by atoms with van der Waals surface area (Å²) in [6.07, 6.45) is 0.972. The van der Waals surface area contributed by atoms with Gasteiger partial charge in [0, 0.05) is 13.1 Å². The molecule has 3 rings (SSSR count). The molecule has 92 valence electrons. The van der Waals surface area contributed by atoms with Crippen LogP contribution in [-0.2, 0) is 11.2 Å². The molecule has 0 aromatic carbocycles. The van der Waals surface area contributed by atoms with Crippen LogP contribution < -0.4 is 4.90 Å². The maximum Gasteiger partial charge on any atom is 0.146 e. The molecule has 1 unspecified atom stereocenters. The minimum Gasteiger partial charge on any atom is -0.378 e. The van der Waals surface area contributed by atoms with Gasteiger partial charge in [0.05, 0.1) is 29.1 Å². The molecule has 3 heterocycles. The first-order chi connectivity index (χ1) is 8.28. The second kappa shape index (κ2) is 4.46. The lowest BCUT2D eigenvalue weighted by Gasteiger charge is -2.32. The highest BCUT2D eigenvalue weighted by atomic mass is 32.2. The molecule has 0 N–H and O–H groups in total. The molecule has 1 atom stereocenters. The van der Waals surface area contributed by atoms with Crippen LogP contribution in [-0.4, -0.2) is 41.5 Å². The van der Waals surface area contributed by atoms with Gasteiger partial charge in [-0.05, 0) is 13.3 Å². The van der Waals surface area contributed by atoms with Crippen molar-refractivity contribution < 1.29 is 4.74 Å². The van der Waals surface area contributed by atoms with Gasteiger partial charge in [0.1, 0.15) is 11.6 Å². The molecule has 0 aliphatic carbocycles. The summed E-state index contributed by atoms with van der Waals surface area (Å²) in [4.78, 5) is 12.8. The van der Waals surface area contributed by atoms with Crippen molar-refractivity contribution in [3.63, 3.8) is 0 Å². The molecule has 1 aromatic heterocycles. The zero-order chi connectivity index (χ0) is 11.8. The quantitative estimate of drug-likeness (QED) is 0.759. The maximum atomic E-state index is 5.63. The third kappa shape index (κ3) is 2.02. The molecule has 1 aromatic rings. The van der Waals surface area contributed by atoms with E-state index in [-0.39, 0.29) is 0 Å². The molecule has 4 nitrogen and oxygen atoms in total. The summed E-state index contributed by atoms with van der Waals surface area (Å²) < 4.78 is 5.63. The fourth-order valence-corrected chi connectivity index (χ4v) is 3.75. The monoisotopic (exact) mass is 251 g/mol. The van der Waals surface area contributed by atoms with Crippen molar-refractivity contribution in [2.24, 2.45) is 0 Å². The van der Waals surface area contributed by atoms with Gasteiger partial charge in [0.15, 0.2) is 0 Å². The highest BCUT2D eigenvalue weighted by Crippen LogP contribution is 2.40. The first-order valence-electron chi connectivity index (χ1n) is 6.14. The fourth-order valence-electron chi connectivity index (χ4n) is 2.39. The third-order valence-corrected chi connectivity index (χ3v) is 4.45. The number of hydrogen-bond donors (Lipinski definition) is 0. The Balaban J connectivity index is 2.08. The average molecular weight is 251 g/mol. The van der Waals surface area contributed by atoms with E-state index in [0.717, 1.165) is 44.4 Å². The Morgan fingerprint density at radius 1 is 1.47 bits per heavy atom. The van der Waals surface area contributed by atoms with E-state index in [1.165, 1.54) is 10.6 Å². The van der Waals surface area contributed by atoms with Crippen LogP contribution in [0.5, 0.6) is 0 Å². The summed E-state index contributed by atoms with van der Waals surface area (Å²) in [7, 11) is 0. The van der Waals surface area contributed by atoms with E-state index in [2.05, 4.69) is 21.8 Å². The number of nitrogens with zero attached hydrogens (tertiary/aromatic N) is 3. The van der Waals surface area contributed by atoms with Crippen LogP contribution in [0.4, 0.5) is 5.82 Å². The predicted molar refractivity (Wildman–Crippen MR) is 68.8 cm³/mol. The number of rotatable bonds is 1. The Bertz CT molecular complexity index is 438. The first kappa shape index (κ1) is 11.3. The number of anilines is 1. The van der Waals surface area contributed by atoms with E-state index in [1.54, 1.807) is 0 Å². The highest BCUT2D eigenvalue weighted by molar-refractivity contribution is 8.00. The van der Waals surface area contributed by atoms with Crippen LogP contribution in [0.15, 0.2) is 4.90 Å². The van der Waals surface area contributed by atoms with Crippen LogP contribution >= 0.6 is 11.8 Å². The van der Waals surface area contributed by atoms with E-state index >= 15 is 0 Å². The summed E-state index contributed by atoms with van der Waals surface area (Å²) in [5.74, 6) is 2.01. The molecule has 0 spiro atoms. The molecule has 1 fully saturated rings. The molecule has 17 heavy (non-hydrogen) atoms. The molecule has 0 radical (unpaired) electrons. The van der Waals surface area contributed by atoms with Gasteiger partial charge in [-0.2, -0.15) is 0 Å². The number of aryl methyl sites for hydroxylation is 2. The summed E-state index contributed by atoms with van der Waals surface area (Å²) >= 11 is 1.89. The van der Waals surface area contributed by atoms with Gasteiger partial charge in [0.2, 0.25) is 0 Å². The van der Waals surface area contributed by atoms with Gasteiger partial charge in [-0.3, -0.25) is 0 Å². The third-order valence-electron chi connectivity index (χ3n) is 3.18. The summed E-state index contributed by atoms with van der Waals surface area (Å²) in [6.45, 7) is 7.79. The number of thioether (sulfide) groups is 1. The fraction of sp³-hybridized carbons (Fsp3) is 0.667. The van der Waals surface area contributed by atoms with Gasteiger partial charge < -0.3 is 9.64 Å². The topological polar surface area (TPSA) is 38.3 Å². The van der Waals surface area contributed by atoms with E-state index in [1.807, 2.05) is 18.7 Å².